The predicted octanol–water partition coefficient (Wildman–Crippen LogP) is 3.81. The number of anilines is 1. The molecule has 0 radical (unpaired) electrons. The van der Waals surface area contributed by atoms with Gasteiger partial charge < -0.3 is 14.8 Å². The highest BCUT2D eigenvalue weighted by atomic mass is 32.2. The van der Waals surface area contributed by atoms with Gasteiger partial charge in [-0.3, -0.25) is 9.36 Å². The van der Waals surface area contributed by atoms with Crippen LogP contribution >= 0.6 is 11.8 Å². The molecule has 4 rings (SSSR count). The van der Waals surface area contributed by atoms with Crippen LogP contribution in [0.5, 0.6) is 0 Å². The van der Waals surface area contributed by atoms with E-state index in [0.717, 1.165) is 11.1 Å². The van der Waals surface area contributed by atoms with Crippen LogP contribution in [-0.2, 0) is 17.9 Å². The Morgan fingerprint density at radius 2 is 1.87 bits per heavy atom. The number of carbonyl (C=O) groups is 1. The molecular weight excluding hydrogens is 400 g/mol. The second kappa shape index (κ2) is 9.43. The van der Waals surface area contributed by atoms with E-state index < -0.39 is 0 Å². The molecule has 152 valence electrons. The Bertz CT molecular complexity index is 1110. The van der Waals surface area contributed by atoms with E-state index in [9.17, 15) is 9.90 Å². The number of benzene rings is 2. The zero-order valence-corrected chi connectivity index (χ0v) is 16.9. The maximum atomic E-state index is 12.4. The molecule has 7 nitrogen and oxygen atoms in total. The van der Waals surface area contributed by atoms with Gasteiger partial charge in [-0.25, -0.2) is 0 Å². The van der Waals surface area contributed by atoms with Gasteiger partial charge in [0.15, 0.2) is 10.9 Å². The summed E-state index contributed by atoms with van der Waals surface area (Å²) in [5.41, 5.74) is 2.48. The van der Waals surface area contributed by atoms with Gasteiger partial charge in [0.2, 0.25) is 11.7 Å². The van der Waals surface area contributed by atoms with Crippen LogP contribution in [0.1, 0.15) is 11.1 Å². The minimum absolute atomic E-state index is 0.0728. The average Bonchev–Trinajstić information content (AvgIpc) is 3.43. The fraction of sp³-hybridized carbons (Fsp3) is 0.136. The predicted molar refractivity (Wildman–Crippen MR) is 115 cm³/mol. The fourth-order valence-corrected chi connectivity index (χ4v) is 3.70. The Kier molecular flexibility index (Phi) is 6.26. The molecule has 8 heteroatoms. The van der Waals surface area contributed by atoms with Gasteiger partial charge in [0, 0.05) is 5.69 Å². The summed E-state index contributed by atoms with van der Waals surface area (Å²) in [4.78, 5) is 12.4. The summed E-state index contributed by atoms with van der Waals surface area (Å²) >= 11 is 1.31. The lowest BCUT2D eigenvalue weighted by Crippen LogP contribution is -2.15. The Morgan fingerprint density at radius 1 is 1.03 bits per heavy atom. The van der Waals surface area contributed by atoms with Crippen LogP contribution in [0, 0.1) is 0 Å². The first kappa shape index (κ1) is 19.9. The SMILES string of the molecule is O=C(CSc1nnc(-c2ccco2)n1Cc1ccccc1)Nc1cccc(CO)c1. The van der Waals surface area contributed by atoms with Crippen molar-refractivity contribution in [2.45, 2.75) is 18.3 Å². The largest absolute Gasteiger partial charge is 0.461 e. The molecule has 0 aliphatic heterocycles. The minimum atomic E-state index is -0.163. The molecule has 0 atom stereocenters. The normalized spacial score (nSPS) is 10.8. The molecule has 4 aromatic rings. The second-order valence-corrected chi connectivity index (χ2v) is 7.49. The molecule has 2 aromatic heterocycles. The highest BCUT2D eigenvalue weighted by Gasteiger charge is 2.18. The molecular formula is C22H20N4O3S. The molecule has 2 N–H and O–H groups in total. The van der Waals surface area contributed by atoms with Crippen LogP contribution in [0.4, 0.5) is 5.69 Å². The maximum absolute atomic E-state index is 12.4. The number of rotatable bonds is 8. The van der Waals surface area contributed by atoms with Crippen LogP contribution in [0.15, 0.2) is 82.6 Å². The lowest BCUT2D eigenvalue weighted by molar-refractivity contribution is -0.113. The van der Waals surface area contributed by atoms with Crippen molar-refractivity contribution in [3.8, 4) is 11.6 Å². The number of carbonyl (C=O) groups excluding carboxylic acids is 1. The van der Waals surface area contributed by atoms with Crippen LogP contribution in [0.3, 0.4) is 0 Å². The summed E-state index contributed by atoms with van der Waals surface area (Å²) in [6.45, 7) is 0.489. The molecule has 0 saturated carbocycles. The van der Waals surface area contributed by atoms with Gasteiger partial charge in [-0.1, -0.05) is 54.2 Å². The number of thioether (sulfide) groups is 1. The molecule has 1 amide bonds. The van der Waals surface area contributed by atoms with Gasteiger partial charge in [-0.2, -0.15) is 0 Å². The third-order valence-electron chi connectivity index (χ3n) is 4.37. The van der Waals surface area contributed by atoms with E-state index in [4.69, 9.17) is 4.42 Å². The summed E-state index contributed by atoms with van der Waals surface area (Å²) in [5, 5.41) is 21.3. The van der Waals surface area contributed by atoms with Crippen LogP contribution in [0.25, 0.3) is 11.6 Å². The number of nitrogens with zero attached hydrogens (tertiary/aromatic N) is 3. The Morgan fingerprint density at radius 3 is 2.63 bits per heavy atom. The van der Waals surface area contributed by atoms with E-state index in [1.54, 1.807) is 36.6 Å². The second-order valence-electron chi connectivity index (χ2n) is 6.55. The number of hydrogen-bond donors (Lipinski definition) is 2. The molecule has 0 fully saturated rings. The number of aliphatic hydroxyl groups excluding tert-OH is 1. The third kappa shape index (κ3) is 4.79. The molecule has 0 saturated heterocycles. The molecule has 0 aliphatic rings. The molecule has 2 aromatic carbocycles. The first-order valence-corrected chi connectivity index (χ1v) is 10.3. The van der Waals surface area contributed by atoms with Crippen LogP contribution in [0.2, 0.25) is 0 Å². The third-order valence-corrected chi connectivity index (χ3v) is 5.33. The fourth-order valence-electron chi connectivity index (χ4n) is 2.97. The van der Waals surface area contributed by atoms with Gasteiger partial charge in [0.1, 0.15) is 0 Å². The summed E-state index contributed by atoms with van der Waals surface area (Å²) in [6.07, 6.45) is 1.59. The number of amides is 1. The summed E-state index contributed by atoms with van der Waals surface area (Å²) < 4.78 is 7.45. The van der Waals surface area contributed by atoms with E-state index >= 15 is 0 Å². The van der Waals surface area contributed by atoms with Crippen molar-refractivity contribution in [1.82, 2.24) is 14.8 Å². The Labute approximate surface area is 177 Å². The van der Waals surface area contributed by atoms with Crippen LogP contribution < -0.4 is 5.32 Å². The van der Waals surface area contributed by atoms with E-state index in [0.29, 0.717) is 29.0 Å². The van der Waals surface area contributed by atoms with E-state index in [-0.39, 0.29) is 18.3 Å². The first-order chi connectivity index (χ1) is 14.7. The zero-order chi connectivity index (χ0) is 20.8. The van der Waals surface area contributed by atoms with Crippen molar-refractivity contribution in [3.63, 3.8) is 0 Å². The molecule has 0 bridgehead atoms. The standard InChI is InChI=1S/C22H20N4O3S/c27-14-17-8-4-9-18(12-17)23-20(28)15-30-22-25-24-21(19-10-5-11-29-19)26(22)13-16-6-2-1-3-7-16/h1-12,27H,13-15H2,(H,23,28). The smallest absolute Gasteiger partial charge is 0.234 e. The Balaban J connectivity index is 1.50. The minimum Gasteiger partial charge on any atom is -0.461 e. The van der Waals surface area contributed by atoms with Crippen molar-refractivity contribution >= 4 is 23.4 Å². The van der Waals surface area contributed by atoms with Gasteiger partial charge in [-0.15, -0.1) is 10.2 Å². The highest BCUT2D eigenvalue weighted by molar-refractivity contribution is 7.99. The summed E-state index contributed by atoms with van der Waals surface area (Å²) in [7, 11) is 0. The maximum Gasteiger partial charge on any atom is 0.234 e. The monoisotopic (exact) mass is 420 g/mol. The van der Waals surface area contributed by atoms with Gasteiger partial charge in [0.25, 0.3) is 0 Å². The molecule has 2 heterocycles. The van der Waals surface area contributed by atoms with Crippen molar-refractivity contribution in [3.05, 3.63) is 84.1 Å². The van der Waals surface area contributed by atoms with E-state index in [2.05, 4.69) is 15.5 Å². The number of furan rings is 1. The number of hydrogen-bond acceptors (Lipinski definition) is 6. The molecule has 0 spiro atoms. The lowest BCUT2D eigenvalue weighted by Gasteiger charge is -2.10. The van der Waals surface area contributed by atoms with Gasteiger partial charge in [0.05, 0.1) is 25.2 Å². The van der Waals surface area contributed by atoms with Crippen molar-refractivity contribution < 1.29 is 14.3 Å². The first-order valence-electron chi connectivity index (χ1n) is 9.36. The summed E-state index contributed by atoms with van der Waals surface area (Å²) in [6, 6.07) is 20.7. The van der Waals surface area contributed by atoms with Crippen molar-refractivity contribution in [2.75, 3.05) is 11.1 Å². The van der Waals surface area contributed by atoms with Gasteiger partial charge >= 0.3 is 0 Å². The highest BCUT2D eigenvalue weighted by Crippen LogP contribution is 2.25. The lowest BCUT2D eigenvalue weighted by atomic mass is 10.2. The van der Waals surface area contributed by atoms with E-state index in [1.165, 1.54) is 11.8 Å². The number of aliphatic hydroxyl groups is 1. The van der Waals surface area contributed by atoms with Gasteiger partial charge in [-0.05, 0) is 35.4 Å². The number of aromatic nitrogens is 3. The number of nitrogens with one attached hydrogen (secondary N) is 1. The quantitative estimate of drug-likeness (QED) is 0.421. The van der Waals surface area contributed by atoms with Crippen molar-refractivity contribution in [1.29, 1.82) is 0 Å². The van der Waals surface area contributed by atoms with E-state index in [1.807, 2.05) is 41.0 Å². The topological polar surface area (TPSA) is 93.2 Å². The zero-order valence-electron chi connectivity index (χ0n) is 16.1. The summed E-state index contributed by atoms with van der Waals surface area (Å²) in [5.74, 6) is 1.25. The molecule has 0 aliphatic carbocycles. The Hall–Kier alpha value is -3.36. The molecule has 30 heavy (non-hydrogen) atoms. The average molecular weight is 420 g/mol. The molecule has 0 unspecified atom stereocenters. The van der Waals surface area contributed by atoms with Crippen LogP contribution in [-0.4, -0.2) is 31.5 Å². The van der Waals surface area contributed by atoms with Crippen molar-refractivity contribution in [2.24, 2.45) is 0 Å².